The zero-order chi connectivity index (χ0) is 13.1. The molecule has 2 aromatic heterocycles. The van der Waals surface area contributed by atoms with E-state index in [-0.39, 0.29) is 0 Å². The number of hydrogen-bond donors (Lipinski definition) is 0. The summed E-state index contributed by atoms with van der Waals surface area (Å²) >= 11 is 7.97. The molecule has 3 nitrogen and oxygen atoms in total. The first kappa shape index (κ1) is 12.9. The van der Waals surface area contributed by atoms with Crippen molar-refractivity contribution in [2.45, 2.75) is 6.54 Å². The van der Waals surface area contributed by atoms with Crippen LogP contribution in [0.25, 0.3) is 0 Å². The van der Waals surface area contributed by atoms with Crippen LogP contribution < -0.4 is 4.90 Å². The molecule has 0 unspecified atom stereocenters. The van der Waals surface area contributed by atoms with Crippen molar-refractivity contribution in [3.05, 3.63) is 46.6 Å². The van der Waals surface area contributed by atoms with Crippen molar-refractivity contribution in [1.29, 1.82) is 0 Å². The van der Waals surface area contributed by atoms with Gasteiger partial charge < -0.3 is 4.90 Å². The van der Waals surface area contributed by atoms with Gasteiger partial charge in [0.05, 0.1) is 10.0 Å². The summed E-state index contributed by atoms with van der Waals surface area (Å²) in [6.45, 7) is 5.25. The quantitative estimate of drug-likeness (QED) is 0.867. The highest BCUT2D eigenvalue weighted by Crippen LogP contribution is 2.23. The molecule has 0 aromatic carbocycles. The predicted octanol–water partition coefficient (Wildman–Crippen LogP) is 3.12. The van der Waals surface area contributed by atoms with Crippen LogP contribution in [0, 0.1) is 0 Å². The molecule has 5 heteroatoms. The highest BCUT2D eigenvalue weighted by Gasteiger charge is 2.18. The van der Waals surface area contributed by atoms with E-state index in [0.717, 1.165) is 37.7 Å². The van der Waals surface area contributed by atoms with Gasteiger partial charge in [-0.1, -0.05) is 11.6 Å². The van der Waals surface area contributed by atoms with Crippen molar-refractivity contribution in [2.75, 3.05) is 31.1 Å². The van der Waals surface area contributed by atoms with Gasteiger partial charge in [0.1, 0.15) is 0 Å². The van der Waals surface area contributed by atoms with Crippen LogP contribution in [0.3, 0.4) is 0 Å². The normalized spacial score (nSPS) is 16.8. The zero-order valence-electron chi connectivity index (χ0n) is 10.6. The molecule has 19 heavy (non-hydrogen) atoms. The molecule has 0 spiro atoms. The molecule has 0 amide bonds. The Kier molecular flexibility index (Phi) is 4.01. The van der Waals surface area contributed by atoms with Gasteiger partial charge >= 0.3 is 0 Å². The molecule has 1 aliphatic rings. The molecule has 0 aliphatic carbocycles. The maximum atomic E-state index is 6.16. The lowest BCUT2D eigenvalue weighted by Gasteiger charge is -2.35. The number of thiophene rings is 1. The van der Waals surface area contributed by atoms with Gasteiger partial charge in [-0.3, -0.25) is 9.88 Å². The monoisotopic (exact) mass is 293 g/mol. The lowest BCUT2D eigenvalue weighted by Crippen LogP contribution is -2.45. The summed E-state index contributed by atoms with van der Waals surface area (Å²) < 4.78 is 0. The van der Waals surface area contributed by atoms with E-state index >= 15 is 0 Å². The van der Waals surface area contributed by atoms with Crippen molar-refractivity contribution in [3.63, 3.8) is 0 Å². The van der Waals surface area contributed by atoms with Crippen LogP contribution in [0.4, 0.5) is 5.00 Å². The third-order valence-electron chi connectivity index (χ3n) is 3.44. The Hall–Kier alpha value is -1.10. The first-order valence-corrected chi connectivity index (χ1v) is 7.68. The van der Waals surface area contributed by atoms with E-state index in [1.54, 1.807) is 6.20 Å². The molecular weight excluding hydrogens is 278 g/mol. The first-order valence-electron chi connectivity index (χ1n) is 6.42. The van der Waals surface area contributed by atoms with Gasteiger partial charge in [0.2, 0.25) is 0 Å². The molecule has 0 radical (unpaired) electrons. The molecule has 0 saturated carbocycles. The molecule has 1 fully saturated rings. The van der Waals surface area contributed by atoms with E-state index in [9.17, 15) is 0 Å². The number of aromatic nitrogens is 1. The largest absolute Gasteiger partial charge is 0.361 e. The fraction of sp³-hybridized carbons (Fsp3) is 0.357. The molecule has 0 atom stereocenters. The van der Waals surface area contributed by atoms with Crippen LogP contribution in [0.15, 0.2) is 36.0 Å². The smallest absolute Gasteiger partial charge is 0.0909 e. The highest BCUT2D eigenvalue weighted by molar-refractivity contribution is 7.14. The van der Waals surface area contributed by atoms with Crippen LogP contribution in [0.1, 0.15) is 5.56 Å². The van der Waals surface area contributed by atoms with Gasteiger partial charge in [-0.15, -0.1) is 11.3 Å². The maximum absolute atomic E-state index is 6.16. The summed E-state index contributed by atoms with van der Waals surface area (Å²) in [6.07, 6.45) is 3.53. The van der Waals surface area contributed by atoms with E-state index in [1.165, 1.54) is 10.6 Å². The minimum atomic E-state index is 0.767. The number of piperazine rings is 1. The van der Waals surface area contributed by atoms with Crippen LogP contribution in [0.5, 0.6) is 0 Å². The van der Waals surface area contributed by atoms with Crippen LogP contribution in [-0.4, -0.2) is 36.1 Å². The number of halogens is 1. The number of hydrogen-bond acceptors (Lipinski definition) is 4. The third kappa shape index (κ3) is 3.08. The standard InChI is InChI=1S/C14H16ClN3S/c15-13-10-16-4-3-12(13)11-17-5-7-18(8-6-17)14-2-1-9-19-14/h1-4,9-10H,5-8,11H2. The Morgan fingerprint density at radius 1 is 1.21 bits per heavy atom. The maximum Gasteiger partial charge on any atom is 0.0909 e. The van der Waals surface area contributed by atoms with E-state index < -0.39 is 0 Å². The van der Waals surface area contributed by atoms with Gasteiger partial charge in [0, 0.05) is 45.1 Å². The second-order valence-electron chi connectivity index (χ2n) is 4.68. The second kappa shape index (κ2) is 5.90. The van der Waals surface area contributed by atoms with Crippen molar-refractivity contribution < 1.29 is 0 Å². The minimum absolute atomic E-state index is 0.767. The summed E-state index contributed by atoms with van der Waals surface area (Å²) in [7, 11) is 0. The average Bonchev–Trinajstić information content (AvgIpc) is 2.96. The van der Waals surface area contributed by atoms with Crippen LogP contribution in [0.2, 0.25) is 5.02 Å². The zero-order valence-corrected chi connectivity index (χ0v) is 12.2. The molecule has 100 valence electrons. The molecule has 1 aliphatic heterocycles. The number of nitrogens with zero attached hydrogens (tertiary/aromatic N) is 3. The number of rotatable bonds is 3. The number of anilines is 1. The molecule has 1 saturated heterocycles. The van der Waals surface area contributed by atoms with Gasteiger partial charge in [-0.2, -0.15) is 0 Å². The molecule has 3 heterocycles. The summed E-state index contributed by atoms with van der Waals surface area (Å²) in [5.74, 6) is 0. The highest BCUT2D eigenvalue weighted by atomic mass is 35.5. The third-order valence-corrected chi connectivity index (χ3v) is 4.71. The Balaban J connectivity index is 1.57. The van der Waals surface area contributed by atoms with Crippen molar-refractivity contribution in [1.82, 2.24) is 9.88 Å². The Bertz CT molecular complexity index is 521. The van der Waals surface area contributed by atoms with Crippen LogP contribution in [-0.2, 0) is 6.54 Å². The van der Waals surface area contributed by atoms with E-state index in [1.807, 2.05) is 23.6 Å². The number of pyridine rings is 1. The summed E-state index contributed by atoms with van der Waals surface area (Å²) in [5.41, 5.74) is 1.17. The fourth-order valence-corrected chi connectivity index (χ4v) is 3.31. The van der Waals surface area contributed by atoms with Crippen molar-refractivity contribution >= 4 is 27.9 Å². The van der Waals surface area contributed by atoms with Gasteiger partial charge in [-0.25, -0.2) is 0 Å². The fourth-order valence-electron chi connectivity index (χ4n) is 2.35. The molecule has 3 rings (SSSR count). The Morgan fingerprint density at radius 3 is 2.74 bits per heavy atom. The minimum Gasteiger partial charge on any atom is -0.361 e. The Morgan fingerprint density at radius 2 is 2.05 bits per heavy atom. The SMILES string of the molecule is Clc1cnccc1CN1CCN(c2cccs2)CC1. The Labute approximate surface area is 122 Å². The molecule has 0 bridgehead atoms. The van der Waals surface area contributed by atoms with Gasteiger partial charge in [0.25, 0.3) is 0 Å². The van der Waals surface area contributed by atoms with Crippen molar-refractivity contribution in [2.24, 2.45) is 0 Å². The summed E-state index contributed by atoms with van der Waals surface area (Å²) in [4.78, 5) is 8.93. The molecular formula is C14H16ClN3S. The lowest BCUT2D eigenvalue weighted by atomic mass is 10.2. The van der Waals surface area contributed by atoms with Gasteiger partial charge in [-0.05, 0) is 29.1 Å². The molecule has 2 aromatic rings. The average molecular weight is 294 g/mol. The molecule has 0 N–H and O–H groups in total. The van der Waals surface area contributed by atoms with Gasteiger partial charge in [0.15, 0.2) is 0 Å². The van der Waals surface area contributed by atoms with E-state index in [4.69, 9.17) is 11.6 Å². The first-order chi connectivity index (χ1) is 9.33. The predicted molar refractivity (Wildman–Crippen MR) is 81.1 cm³/mol. The summed E-state index contributed by atoms with van der Waals surface area (Å²) in [5, 5.41) is 4.28. The second-order valence-corrected chi connectivity index (χ2v) is 6.01. The van der Waals surface area contributed by atoms with E-state index in [0.29, 0.717) is 0 Å². The van der Waals surface area contributed by atoms with E-state index in [2.05, 4.69) is 32.3 Å². The topological polar surface area (TPSA) is 19.4 Å². The van der Waals surface area contributed by atoms with Crippen molar-refractivity contribution in [3.8, 4) is 0 Å². The van der Waals surface area contributed by atoms with Crippen LogP contribution >= 0.6 is 22.9 Å². The lowest BCUT2D eigenvalue weighted by molar-refractivity contribution is 0.250. The summed E-state index contributed by atoms with van der Waals surface area (Å²) in [6, 6.07) is 6.32.